The Morgan fingerprint density at radius 2 is 2.17 bits per heavy atom. The number of benzene rings is 1. The van der Waals surface area contributed by atoms with Gasteiger partial charge in [0.25, 0.3) is 0 Å². The molecule has 0 aliphatic rings. The van der Waals surface area contributed by atoms with E-state index in [1.54, 1.807) is 0 Å². The highest BCUT2D eigenvalue weighted by Crippen LogP contribution is 2.20. The third kappa shape index (κ3) is 2.54. The van der Waals surface area contributed by atoms with Crippen molar-refractivity contribution in [2.75, 3.05) is 0 Å². The lowest BCUT2D eigenvalue weighted by Crippen LogP contribution is -2.17. The molecule has 0 aliphatic carbocycles. The molecule has 0 bridgehead atoms. The van der Waals surface area contributed by atoms with Crippen LogP contribution in [-0.4, -0.2) is 16.6 Å². The number of rotatable bonds is 4. The van der Waals surface area contributed by atoms with E-state index in [-0.39, 0.29) is 18.6 Å². The molecular weight excluding hydrogens is 228 g/mol. The molecule has 0 amide bonds. The van der Waals surface area contributed by atoms with Gasteiger partial charge in [0.05, 0.1) is 6.10 Å². The number of nitrogens with two attached hydrogens (primary N) is 1. The largest absolute Gasteiger partial charge is 0.462 e. The lowest BCUT2D eigenvalue weighted by atomic mass is 10.1. The second-order valence-electron chi connectivity index (χ2n) is 4.54. The molecule has 1 aromatic carbocycles. The molecule has 0 spiro atoms. The van der Waals surface area contributed by atoms with Crippen molar-refractivity contribution >= 4 is 16.9 Å². The van der Waals surface area contributed by atoms with Crippen LogP contribution in [0.1, 0.15) is 19.4 Å². The number of carbonyl (C=O) groups is 1. The average Bonchev–Trinajstić information content (AvgIpc) is 2.71. The van der Waals surface area contributed by atoms with Gasteiger partial charge in [-0.25, -0.2) is 0 Å². The van der Waals surface area contributed by atoms with Crippen LogP contribution < -0.4 is 5.73 Å². The maximum atomic E-state index is 11.7. The number of hydrogen-bond donors (Lipinski definition) is 1. The first-order valence-electron chi connectivity index (χ1n) is 6.08. The van der Waals surface area contributed by atoms with Gasteiger partial charge < -0.3 is 15.0 Å². The number of carbonyl (C=O) groups excluding carboxylic acids is 1. The summed E-state index contributed by atoms with van der Waals surface area (Å²) in [4.78, 5) is 11.7. The first kappa shape index (κ1) is 12.6. The van der Waals surface area contributed by atoms with Crippen molar-refractivity contribution in [3.8, 4) is 0 Å². The SMILES string of the molecule is CC(C)OC(=O)Cn1ccc2c(CN)cccc21. The second kappa shape index (κ2) is 5.23. The van der Waals surface area contributed by atoms with Crippen molar-refractivity contribution in [3.63, 3.8) is 0 Å². The van der Waals surface area contributed by atoms with Crippen LogP contribution in [0.4, 0.5) is 0 Å². The van der Waals surface area contributed by atoms with Gasteiger partial charge in [0.1, 0.15) is 6.54 Å². The van der Waals surface area contributed by atoms with Crippen molar-refractivity contribution in [1.29, 1.82) is 0 Å². The summed E-state index contributed by atoms with van der Waals surface area (Å²) < 4.78 is 7.03. The number of fused-ring (bicyclic) bond motifs is 1. The van der Waals surface area contributed by atoms with E-state index in [0.717, 1.165) is 16.5 Å². The molecule has 18 heavy (non-hydrogen) atoms. The molecule has 0 aliphatic heterocycles. The van der Waals surface area contributed by atoms with Crippen molar-refractivity contribution in [3.05, 3.63) is 36.0 Å². The minimum atomic E-state index is -0.222. The van der Waals surface area contributed by atoms with Crippen molar-refractivity contribution in [2.24, 2.45) is 5.73 Å². The van der Waals surface area contributed by atoms with Crippen molar-refractivity contribution < 1.29 is 9.53 Å². The summed E-state index contributed by atoms with van der Waals surface area (Å²) in [6.45, 7) is 4.42. The summed E-state index contributed by atoms with van der Waals surface area (Å²) in [5.74, 6) is -0.222. The Balaban J connectivity index is 2.27. The van der Waals surface area contributed by atoms with Gasteiger partial charge in [0, 0.05) is 23.6 Å². The van der Waals surface area contributed by atoms with E-state index in [1.807, 2.05) is 48.9 Å². The van der Waals surface area contributed by atoms with Gasteiger partial charge in [-0.2, -0.15) is 0 Å². The smallest absolute Gasteiger partial charge is 0.326 e. The normalized spacial score (nSPS) is 11.1. The molecule has 2 aromatic rings. The van der Waals surface area contributed by atoms with E-state index in [0.29, 0.717) is 6.54 Å². The maximum absolute atomic E-state index is 11.7. The lowest BCUT2D eigenvalue weighted by Gasteiger charge is -2.09. The van der Waals surface area contributed by atoms with Gasteiger partial charge in [-0.1, -0.05) is 12.1 Å². The van der Waals surface area contributed by atoms with E-state index in [9.17, 15) is 4.79 Å². The standard InChI is InChI=1S/C14H18N2O2/c1-10(2)18-14(17)9-16-7-6-12-11(8-15)4-3-5-13(12)16/h3-7,10H,8-9,15H2,1-2H3. The Bertz CT molecular complexity index is 558. The first-order valence-corrected chi connectivity index (χ1v) is 6.08. The summed E-state index contributed by atoms with van der Waals surface area (Å²) in [7, 11) is 0. The van der Waals surface area contributed by atoms with Gasteiger partial charge in [0.2, 0.25) is 0 Å². The number of hydrogen-bond acceptors (Lipinski definition) is 3. The van der Waals surface area contributed by atoms with E-state index in [2.05, 4.69) is 0 Å². The molecular formula is C14H18N2O2. The highest BCUT2D eigenvalue weighted by Gasteiger charge is 2.10. The Labute approximate surface area is 106 Å². The van der Waals surface area contributed by atoms with Crippen LogP contribution in [0.25, 0.3) is 10.9 Å². The number of aromatic nitrogens is 1. The van der Waals surface area contributed by atoms with E-state index < -0.39 is 0 Å². The highest BCUT2D eigenvalue weighted by molar-refractivity contribution is 5.85. The summed E-state index contributed by atoms with van der Waals surface area (Å²) in [6, 6.07) is 7.92. The molecule has 0 radical (unpaired) electrons. The molecule has 2 N–H and O–H groups in total. The van der Waals surface area contributed by atoms with Crippen molar-refractivity contribution in [1.82, 2.24) is 4.57 Å². The van der Waals surface area contributed by atoms with Gasteiger partial charge in [-0.3, -0.25) is 4.79 Å². The predicted octanol–water partition coefficient (Wildman–Crippen LogP) is 2.05. The summed E-state index contributed by atoms with van der Waals surface area (Å²) in [5, 5.41) is 1.09. The van der Waals surface area contributed by atoms with Crippen LogP contribution in [0.2, 0.25) is 0 Å². The molecule has 4 nitrogen and oxygen atoms in total. The quantitative estimate of drug-likeness (QED) is 0.840. The Kier molecular flexibility index (Phi) is 3.67. The molecule has 4 heteroatoms. The third-order valence-corrected chi connectivity index (χ3v) is 2.79. The predicted molar refractivity (Wildman–Crippen MR) is 71.1 cm³/mol. The molecule has 0 fully saturated rings. The number of nitrogens with zero attached hydrogens (tertiary/aromatic N) is 1. The zero-order valence-corrected chi connectivity index (χ0v) is 10.7. The van der Waals surface area contributed by atoms with E-state index in [4.69, 9.17) is 10.5 Å². The van der Waals surface area contributed by atoms with Crippen LogP contribution in [0.15, 0.2) is 30.5 Å². The van der Waals surface area contributed by atoms with Crippen LogP contribution in [0.3, 0.4) is 0 Å². The molecule has 0 unspecified atom stereocenters. The van der Waals surface area contributed by atoms with Gasteiger partial charge in [0.15, 0.2) is 0 Å². The summed E-state index contributed by atoms with van der Waals surface area (Å²) >= 11 is 0. The molecule has 1 aromatic heterocycles. The van der Waals surface area contributed by atoms with E-state index in [1.165, 1.54) is 0 Å². The minimum absolute atomic E-state index is 0.0843. The van der Waals surface area contributed by atoms with Gasteiger partial charge >= 0.3 is 5.97 Å². The maximum Gasteiger partial charge on any atom is 0.326 e. The topological polar surface area (TPSA) is 57.2 Å². The van der Waals surface area contributed by atoms with Crippen LogP contribution in [0, 0.1) is 0 Å². The van der Waals surface area contributed by atoms with Crippen molar-refractivity contribution in [2.45, 2.75) is 33.0 Å². The highest BCUT2D eigenvalue weighted by atomic mass is 16.5. The fourth-order valence-corrected chi connectivity index (χ4v) is 2.04. The lowest BCUT2D eigenvalue weighted by molar-refractivity contribution is -0.148. The Morgan fingerprint density at radius 3 is 2.83 bits per heavy atom. The molecule has 1 heterocycles. The molecule has 0 saturated heterocycles. The van der Waals surface area contributed by atoms with Gasteiger partial charge in [-0.15, -0.1) is 0 Å². The zero-order valence-electron chi connectivity index (χ0n) is 10.7. The van der Waals surface area contributed by atoms with Crippen LogP contribution >= 0.6 is 0 Å². The molecule has 96 valence electrons. The molecule has 0 saturated carbocycles. The fourth-order valence-electron chi connectivity index (χ4n) is 2.04. The van der Waals surface area contributed by atoms with Crippen LogP contribution in [0.5, 0.6) is 0 Å². The first-order chi connectivity index (χ1) is 8.61. The van der Waals surface area contributed by atoms with Crippen LogP contribution in [-0.2, 0) is 22.6 Å². The Morgan fingerprint density at radius 1 is 1.39 bits per heavy atom. The monoisotopic (exact) mass is 246 g/mol. The zero-order chi connectivity index (χ0) is 13.1. The van der Waals surface area contributed by atoms with E-state index >= 15 is 0 Å². The summed E-state index contributed by atoms with van der Waals surface area (Å²) in [6.07, 6.45) is 1.81. The fraction of sp³-hybridized carbons (Fsp3) is 0.357. The number of esters is 1. The molecule has 2 rings (SSSR count). The summed E-state index contributed by atoms with van der Waals surface area (Å²) in [5.41, 5.74) is 7.79. The average molecular weight is 246 g/mol. The second-order valence-corrected chi connectivity index (χ2v) is 4.54. The third-order valence-electron chi connectivity index (χ3n) is 2.79. The molecule has 0 atom stereocenters. The van der Waals surface area contributed by atoms with Gasteiger partial charge in [-0.05, 0) is 31.5 Å². The Hall–Kier alpha value is -1.81. The minimum Gasteiger partial charge on any atom is -0.462 e. The number of ether oxygens (including phenoxy) is 1.